The Hall–Kier alpha value is -0.610. The third-order valence-electron chi connectivity index (χ3n) is 2.81. The lowest BCUT2D eigenvalue weighted by molar-refractivity contribution is 0.101. The quantitative estimate of drug-likeness (QED) is 0.917. The Balaban J connectivity index is 2.02. The van der Waals surface area contributed by atoms with E-state index in [0.717, 1.165) is 16.6 Å². The number of hydrogen-bond acceptors (Lipinski definition) is 3. The maximum atomic E-state index is 5.43. The summed E-state index contributed by atoms with van der Waals surface area (Å²) >= 11 is 3.41. The van der Waals surface area contributed by atoms with Crippen molar-refractivity contribution in [2.75, 3.05) is 12.4 Å². The molecule has 1 aliphatic rings. The van der Waals surface area contributed by atoms with E-state index in [-0.39, 0.29) is 0 Å². The smallest absolute Gasteiger partial charge is 0.0772 e. The Labute approximate surface area is 98.4 Å². The van der Waals surface area contributed by atoms with Crippen LogP contribution in [0.4, 0.5) is 5.69 Å². The lowest BCUT2D eigenvalue weighted by atomic mass is 10.2. The molecule has 82 valence electrons. The molecular weight excluding hydrogens is 256 g/mol. The fraction of sp³-hybridized carbons (Fsp3) is 0.545. The average molecular weight is 271 g/mol. The molecule has 2 rings (SSSR count). The second-order valence-electron chi connectivity index (χ2n) is 3.85. The van der Waals surface area contributed by atoms with Crippen LogP contribution in [0, 0.1) is 0 Å². The number of anilines is 1. The molecule has 0 aliphatic heterocycles. The van der Waals surface area contributed by atoms with Crippen LogP contribution in [0.1, 0.15) is 19.3 Å². The van der Waals surface area contributed by atoms with E-state index in [1.165, 1.54) is 12.8 Å². The van der Waals surface area contributed by atoms with Crippen LogP contribution in [0.15, 0.2) is 22.9 Å². The highest BCUT2D eigenvalue weighted by atomic mass is 79.9. The Kier molecular flexibility index (Phi) is 3.59. The van der Waals surface area contributed by atoms with Gasteiger partial charge < -0.3 is 10.1 Å². The van der Waals surface area contributed by atoms with Gasteiger partial charge in [0.15, 0.2) is 0 Å². The van der Waals surface area contributed by atoms with Crippen molar-refractivity contribution in [3.05, 3.63) is 22.9 Å². The maximum absolute atomic E-state index is 5.43. The van der Waals surface area contributed by atoms with Gasteiger partial charge in [-0.05, 0) is 41.3 Å². The molecular formula is C11H15BrN2O. The van der Waals surface area contributed by atoms with Crippen LogP contribution in [0.25, 0.3) is 0 Å². The highest BCUT2D eigenvalue weighted by Gasteiger charge is 2.26. The van der Waals surface area contributed by atoms with Gasteiger partial charge in [0.2, 0.25) is 0 Å². The van der Waals surface area contributed by atoms with Crippen LogP contribution < -0.4 is 5.32 Å². The molecule has 1 saturated carbocycles. The van der Waals surface area contributed by atoms with E-state index >= 15 is 0 Å². The third kappa shape index (κ3) is 2.69. The summed E-state index contributed by atoms with van der Waals surface area (Å²) in [6.45, 7) is 0. The van der Waals surface area contributed by atoms with Gasteiger partial charge in [0, 0.05) is 17.8 Å². The van der Waals surface area contributed by atoms with Crippen molar-refractivity contribution in [3.63, 3.8) is 0 Å². The maximum Gasteiger partial charge on any atom is 0.0772 e. The minimum Gasteiger partial charge on any atom is -0.379 e. The molecule has 2 atom stereocenters. The molecule has 1 aliphatic carbocycles. The van der Waals surface area contributed by atoms with Crippen LogP contribution in [0.5, 0.6) is 0 Å². The van der Waals surface area contributed by atoms with Gasteiger partial charge >= 0.3 is 0 Å². The number of ether oxygens (including phenoxy) is 1. The second-order valence-corrected chi connectivity index (χ2v) is 4.76. The molecule has 0 bridgehead atoms. The lowest BCUT2D eigenvalue weighted by Gasteiger charge is -2.20. The van der Waals surface area contributed by atoms with Gasteiger partial charge in [0.1, 0.15) is 0 Å². The first kappa shape index (κ1) is 10.9. The van der Waals surface area contributed by atoms with Gasteiger partial charge in [-0.15, -0.1) is 0 Å². The topological polar surface area (TPSA) is 34.1 Å². The van der Waals surface area contributed by atoms with Gasteiger partial charge in [0.05, 0.1) is 24.0 Å². The fourth-order valence-electron chi connectivity index (χ4n) is 2.08. The molecule has 3 nitrogen and oxygen atoms in total. The molecule has 4 heteroatoms. The van der Waals surface area contributed by atoms with Crippen LogP contribution >= 0.6 is 15.9 Å². The number of pyridine rings is 1. The van der Waals surface area contributed by atoms with Crippen molar-refractivity contribution >= 4 is 21.6 Å². The largest absolute Gasteiger partial charge is 0.379 e. The summed E-state index contributed by atoms with van der Waals surface area (Å²) in [7, 11) is 1.78. The SMILES string of the molecule is COC1CCCC1Nc1cncc(Br)c1. The monoisotopic (exact) mass is 270 g/mol. The molecule has 0 amide bonds. The zero-order valence-electron chi connectivity index (χ0n) is 8.74. The van der Waals surface area contributed by atoms with Crippen LogP contribution in [0.2, 0.25) is 0 Å². The van der Waals surface area contributed by atoms with Crippen molar-refractivity contribution in [3.8, 4) is 0 Å². The number of nitrogens with one attached hydrogen (secondary N) is 1. The summed E-state index contributed by atoms with van der Waals surface area (Å²) < 4.78 is 6.43. The van der Waals surface area contributed by atoms with Crippen molar-refractivity contribution in [2.24, 2.45) is 0 Å². The molecule has 0 spiro atoms. The van der Waals surface area contributed by atoms with Crippen molar-refractivity contribution in [2.45, 2.75) is 31.4 Å². The highest BCUT2D eigenvalue weighted by Crippen LogP contribution is 2.25. The van der Waals surface area contributed by atoms with Gasteiger partial charge in [0.25, 0.3) is 0 Å². The van der Waals surface area contributed by atoms with E-state index in [1.807, 2.05) is 12.3 Å². The Morgan fingerprint density at radius 1 is 1.47 bits per heavy atom. The summed E-state index contributed by atoms with van der Waals surface area (Å²) in [6, 6.07) is 2.46. The Morgan fingerprint density at radius 3 is 3.07 bits per heavy atom. The fourth-order valence-corrected chi connectivity index (χ4v) is 2.44. The zero-order valence-corrected chi connectivity index (χ0v) is 10.3. The normalized spacial score (nSPS) is 25.5. The molecule has 0 aromatic carbocycles. The molecule has 1 fully saturated rings. The third-order valence-corrected chi connectivity index (χ3v) is 3.25. The number of aromatic nitrogens is 1. The first-order valence-corrected chi connectivity index (χ1v) is 5.99. The molecule has 0 saturated heterocycles. The number of nitrogens with zero attached hydrogens (tertiary/aromatic N) is 1. The van der Waals surface area contributed by atoms with Crippen molar-refractivity contribution < 1.29 is 4.74 Å². The minimum absolute atomic E-state index is 0.337. The minimum atomic E-state index is 0.337. The summed E-state index contributed by atoms with van der Waals surface area (Å²) in [4.78, 5) is 4.13. The molecule has 1 aromatic heterocycles. The van der Waals surface area contributed by atoms with E-state index in [2.05, 4.69) is 26.2 Å². The molecule has 15 heavy (non-hydrogen) atoms. The standard InChI is InChI=1S/C11H15BrN2O/c1-15-11-4-2-3-10(11)14-9-5-8(12)6-13-7-9/h5-7,10-11,14H,2-4H2,1H3. The summed E-state index contributed by atoms with van der Waals surface area (Å²) in [6.07, 6.45) is 7.52. The number of methoxy groups -OCH3 is 1. The molecule has 1 heterocycles. The molecule has 2 unspecified atom stereocenters. The van der Waals surface area contributed by atoms with Crippen molar-refractivity contribution in [1.82, 2.24) is 4.98 Å². The van der Waals surface area contributed by atoms with Crippen LogP contribution in [-0.4, -0.2) is 24.2 Å². The number of halogens is 1. The van der Waals surface area contributed by atoms with Gasteiger partial charge in [-0.1, -0.05) is 0 Å². The van der Waals surface area contributed by atoms with Crippen LogP contribution in [-0.2, 0) is 4.74 Å². The predicted octanol–water partition coefficient (Wildman–Crippen LogP) is 2.82. The van der Waals surface area contributed by atoms with Gasteiger partial charge in [-0.3, -0.25) is 4.98 Å². The average Bonchev–Trinajstić information content (AvgIpc) is 2.65. The summed E-state index contributed by atoms with van der Waals surface area (Å²) in [5.74, 6) is 0. The second kappa shape index (κ2) is 4.94. The molecule has 1 aromatic rings. The Bertz CT molecular complexity index is 332. The molecule has 0 radical (unpaired) electrons. The lowest BCUT2D eigenvalue weighted by Crippen LogP contribution is -2.29. The van der Waals surface area contributed by atoms with E-state index in [1.54, 1.807) is 13.3 Å². The predicted molar refractivity (Wildman–Crippen MR) is 64.0 cm³/mol. The molecule has 1 N–H and O–H groups in total. The number of hydrogen-bond donors (Lipinski definition) is 1. The summed E-state index contributed by atoms with van der Waals surface area (Å²) in [5.41, 5.74) is 1.05. The first-order valence-electron chi connectivity index (χ1n) is 5.19. The van der Waals surface area contributed by atoms with Crippen LogP contribution in [0.3, 0.4) is 0 Å². The summed E-state index contributed by atoms with van der Waals surface area (Å²) in [5, 5.41) is 3.47. The van der Waals surface area contributed by atoms with E-state index in [0.29, 0.717) is 12.1 Å². The Morgan fingerprint density at radius 2 is 2.33 bits per heavy atom. The highest BCUT2D eigenvalue weighted by molar-refractivity contribution is 9.10. The number of rotatable bonds is 3. The van der Waals surface area contributed by atoms with E-state index in [4.69, 9.17) is 4.74 Å². The van der Waals surface area contributed by atoms with Gasteiger partial charge in [-0.2, -0.15) is 0 Å². The first-order chi connectivity index (χ1) is 7.29. The van der Waals surface area contributed by atoms with Crippen molar-refractivity contribution in [1.29, 1.82) is 0 Å². The van der Waals surface area contributed by atoms with E-state index in [9.17, 15) is 0 Å². The zero-order chi connectivity index (χ0) is 10.7. The van der Waals surface area contributed by atoms with E-state index < -0.39 is 0 Å². The van der Waals surface area contributed by atoms with Gasteiger partial charge in [-0.25, -0.2) is 0 Å².